The first kappa shape index (κ1) is 20.4. The van der Waals surface area contributed by atoms with E-state index in [-0.39, 0.29) is 18.2 Å². The highest BCUT2D eigenvalue weighted by molar-refractivity contribution is 6.02. The normalized spacial score (nSPS) is 15.9. The first-order valence-electron chi connectivity index (χ1n) is 9.52. The van der Waals surface area contributed by atoms with Crippen LogP contribution in [-0.4, -0.2) is 38.4 Å². The molecule has 2 N–H and O–H groups in total. The Morgan fingerprint density at radius 1 is 1.07 bits per heavy atom. The van der Waals surface area contributed by atoms with E-state index < -0.39 is 11.8 Å². The average molecular weight is 394 g/mol. The number of hydrogen-bond donors (Lipinski definition) is 2. The second-order valence-electron chi connectivity index (χ2n) is 7.51. The minimum absolute atomic E-state index is 0.0936. The summed E-state index contributed by atoms with van der Waals surface area (Å²) in [7, 11) is 3.77. The van der Waals surface area contributed by atoms with Crippen molar-refractivity contribution in [2.24, 2.45) is 5.92 Å². The van der Waals surface area contributed by atoms with E-state index in [4.69, 9.17) is 0 Å². The van der Waals surface area contributed by atoms with E-state index in [0.29, 0.717) is 12.1 Å². The lowest BCUT2D eigenvalue weighted by Crippen LogP contribution is -2.45. The lowest BCUT2D eigenvalue weighted by Gasteiger charge is -2.20. The Labute approximate surface area is 170 Å². The van der Waals surface area contributed by atoms with E-state index in [1.54, 1.807) is 23.1 Å². The maximum absolute atomic E-state index is 12.5. The molecule has 0 radical (unpaired) electrons. The SMILES string of the molecule is Cc1cccc(N2CC(C(=O)NNC(=O)c3cccc(N(C)C)c3)CC2=O)c1C. The van der Waals surface area contributed by atoms with Gasteiger partial charge in [0.1, 0.15) is 0 Å². The van der Waals surface area contributed by atoms with E-state index in [9.17, 15) is 14.4 Å². The van der Waals surface area contributed by atoms with E-state index in [2.05, 4.69) is 10.9 Å². The van der Waals surface area contributed by atoms with Crippen LogP contribution in [0.1, 0.15) is 27.9 Å². The third-order valence-electron chi connectivity index (χ3n) is 5.29. The van der Waals surface area contributed by atoms with Crippen LogP contribution in [-0.2, 0) is 9.59 Å². The summed E-state index contributed by atoms with van der Waals surface area (Å²) in [6.07, 6.45) is 0.116. The fourth-order valence-corrected chi connectivity index (χ4v) is 3.36. The van der Waals surface area contributed by atoms with Crippen molar-refractivity contribution in [3.63, 3.8) is 0 Å². The molecule has 152 valence electrons. The molecule has 7 heteroatoms. The molecule has 1 fully saturated rings. The van der Waals surface area contributed by atoms with Crippen LogP contribution in [0.25, 0.3) is 0 Å². The molecule has 2 aromatic rings. The molecule has 7 nitrogen and oxygen atoms in total. The van der Waals surface area contributed by atoms with Gasteiger partial charge in [0.2, 0.25) is 11.8 Å². The minimum atomic E-state index is -0.518. The number of nitrogens with zero attached hydrogens (tertiary/aromatic N) is 2. The maximum Gasteiger partial charge on any atom is 0.269 e. The number of aryl methyl sites for hydroxylation is 1. The van der Waals surface area contributed by atoms with Crippen molar-refractivity contribution in [3.05, 3.63) is 59.2 Å². The number of hydrogen-bond acceptors (Lipinski definition) is 4. The van der Waals surface area contributed by atoms with E-state index in [0.717, 1.165) is 22.5 Å². The van der Waals surface area contributed by atoms with Crippen molar-refractivity contribution in [1.82, 2.24) is 10.9 Å². The van der Waals surface area contributed by atoms with Gasteiger partial charge < -0.3 is 9.80 Å². The van der Waals surface area contributed by atoms with Crippen LogP contribution in [0, 0.1) is 19.8 Å². The lowest BCUT2D eigenvalue weighted by molar-refractivity contribution is -0.126. The predicted octanol–water partition coefficient (Wildman–Crippen LogP) is 2.18. The molecule has 1 heterocycles. The largest absolute Gasteiger partial charge is 0.378 e. The van der Waals surface area contributed by atoms with E-state index in [1.165, 1.54) is 0 Å². The molecule has 1 aliphatic heterocycles. The van der Waals surface area contributed by atoms with Crippen molar-refractivity contribution >= 4 is 29.1 Å². The molecular weight excluding hydrogens is 368 g/mol. The van der Waals surface area contributed by atoms with E-state index in [1.807, 2.05) is 57.1 Å². The molecule has 1 unspecified atom stereocenters. The van der Waals surface area contributed by atoms with Gasteiger partial charge in [-0.3, -0.25) is 25.2 Å². The van der Waals surface area contributed by atoms with Crippen LogP contribution in [0.4, 0.5) is 11.4 Å². The van der Waals surface area contributed by atoms with Gasteiger partial charge >= 0.3 is 0 Å². The smallest absolute Gasteiger partial charge is 0.269 e. The van der Waals surface area contributed by atoms with Gasteiger partial charge in [-0.1, -0.05) is 18.2 Å². The zero-order valence-electron chi connectivity index (χ0n) is 17.2. The van der Waals surface area contributed by atoms with Gasteiger partial charge in [0.25, 0.3) is 5.91 Å². The van der Waals surface area contributed by atoms with Crippen LogP contribution >= 0.6 is 0 Å². The molecule has 0 aliphatic carbocycles. The molecule has 0 aromatic heterocycles. The predicted molar refractivity (Wildman–Crippen MR) is 113 cm³/mol. The molecule has 2 aromatic carbocycles. The quantitative estimate of drug-likeness (QED) is 0.779. The summed E-state index contributed by atoms with van der Waals surface area (Å²) in [5, 5.41) is 0. The van der Waals surface area contributed by atoms with Crippen molar-refractivity contribution in [1.29, 1.82) is 0 Å². The van der Waals surface area contributed by atoms with E-state index >= 15 is 0 Å². The van der Waals surface area contributed by atoms with Crippen molar-refractivity contribution in [2.75, 3.05) is 30.4 Å². The van der Waals surface area contributed by atoms with Crippen molar-refractivity contribution < 1.29 is 14.4 Å². The third-order valence-corrected chi connectivity index (χ3v) is 5.29. The fourth-order valence-electron chi connectivity index (χ4n) is 3.36. The third kappa shape index (κ3) is 4.39. The Kier molecular flexibility index (Phi) is 5.87. The summed E-state index contributed by atoms with van der Waals surface area (Å²) in [5.41, 5.74) is 9.17. The molecule has 0 saturated carbocycles. The second kappa shape index (κ2) is 8.34. The molecular formula is C22H26N4O3. The average Bonchev–Trinajstić information content (AvgIpc) is 3.09. The number of rotatable bonds is 4. The molecule has 0 bridgehead atoms. The zero-order valence-corrected chi connectivity index (χ0v) is 17.2. The topological polar surface area (TPSA) is 81.8 Å². The van der Waals surface area contributed by atoms with Gasteiger partial charge in [-0.05, 0) is 49.2 Å². The highest BCUT2D eigenvalue weighted by atomic mass is 16.2. The molecule has 3 rings (SSSR count). The molecule has 1 saturated heterocycles. The molecule has 29 heavy (non-hydrogen) atoms. The first-order chi connectivity index (χ1) is 13.8. The van der Waals surface area contributed by atoms with Crippen molar-refractivity contribution in [3.8, 4) is 0 Å². The Morgan fingerprint density at radius 3 is 2.52 bits per heavy atom. The first-order valence-corrected chi connectivity index (χ1v) is 9.52. The highest BCUT2D eigenvalue weighted by Crippen LogP contribution is 2.29. The Morgan fingerprint density at radius 2 is 1.79 bits per heavy atom. The molecule has 1 aliphatic rings. The fraction of sp³-hybridized carbons (Fsp3) is 0.318. The number of benzene rings is 2. The Bertz CT molecular complexity index is 955. The summed E-state index contributed by atoms with van der Waals surface area (Å²) in [6.45, 7) is 4.25. The molecule has 1 atom stereocenters. The number of nitrogens with one attached hydrogen (secondary N) is 2. The highest BCUT2D eigenvalue weighted by Gasteiger charge is 2.36. The monoisotopic (exact) mass is 394 g/mol. The van der Waals surface area contributed by atoms with Gasteiger partial charge in [0, 0.05) is 44.0 Å². The number of anilines is 2. The summed E-state index contributed by atoms with van der Waals surface area (Å²) in [6, 6.07) is 12.9. The summed E-state index contributed by atoms with van der Waals surface area (Å²) < 4.78 is 0. The standard InChI is InChI=1S/C22H26N4O3/c1-14-7-5-10-19(15(14)2)26-13-17(12-20(26)27)22(29)24-23-21(28)16-8-6-9-18(11-16)25(3)4/h5-11,17H,12-13H2,1-4H3,(H,23,28)(H,24,29). The van der Waals surface area contributed by atoms with Gasteiger partial charge in [0.15, 0.2) is 0 Å². The van der Waals surface area contributed by atoms with Crippen LogP contribution in [0.2, 0.25) is 0 Å². The minimum Gasteiger partial charge on any atom is -0.378 e. The molecule has 0 spiro atoms. The summed E-state index contributed by atoms with van der Waals surface area (Å²) in [5.74, 6) is -1.39. The van der Waals surface area contributed by atoms with Gasteiger partial charge in [-0.2, -0.15) is 0 Å². The number of hydrazine groups is 1. The Balaban J connectivity index is 1.62. The second-order valence-corrected chi connectivity index (χ2v) is 7.51. The van der Waals surface area contributed by atoms with Crippen LogP contribution in [0.15, 0.2) is 42.5 Å². The van der Waals surface area contributed by atoms with Gasteiger partial charge in [-0.25, -0.2) is 0 Å². The van der Waals surface area contributed by atoms with Gasteiger partial charge in [-0.15, -0.1) is 0 Å². The zero-order chi connectivity index (χ0) is 21.1. The molecule has 3 amide bonds. The number of amides is 3. The number of carbonyl (C=O) groups is 3. The van der Waals surface area contributed by atoms with Gasteiger partial charge in [0.05, 0.1) is 5.92 Å². The Hall–Kier alpha value is -3.35. The van der Waals surface area contributed by atoms with Crippen LogP contribution in [0.3, 0.4) is 0 Å². The van der Waals surface area contributed by atoms with Crippen LogP contribution < -0.4 is 20.7 Å². The summed E-state index contributed by atoms with van der Waals surface area (Å²) in [4.78, 5) is 40.9. The lowest BCUT2D eigenvalue weighted by atomic mass is 10.1. The van der Waals surface area contributed by atoms with Crippen LogP contribution in [0.5, 0.6) is 0 Å². The number of carbonyl (C=O) groups excluding carboxylic acids is 3. The summed E-state index contributed by atoms with van der Waals surface area (Å²) >= 11 is 0. The van der Waals surface area contributed by atoms with Crippen molar-refractivity contribution in [2.45, 2.75) is 20.3 Å². The maximum atomic E-state index is 12.5.